The number of aryl methyl sites for hydroxylation is 1. The van der Waals surface area contributed by atoms with E-state index in [9.17, 15) is 4.79 Å². The molecule has 0 aliphatic heterocycles. The number of carboxylic acid groups (broad SMARTS) is 1. The largest absolute Gasteiger partial charge is 0.478 e. The molecule has 0 aliphatic rings. The molecule has 1 aromatic carbocycles. The summed E-state index contributed by atoms with van der Waals surface area (Å²) >= 11 is 0. The third kappa shape index (κ3) is 3.18. The topological polar surface area (TPSA) is 72.3 Å². The zero-order valence-corrected chi connectivity index (χ0v) is 8.49. The van der Waals surface area contributed by atoms with E-state index in [2.05, 4.69) is 6.92 Å². The van der Waals surface area contributed by atoms with Crippen LogP contribution in [0, 0.1) is 0 Å². The Hall–Kier alpha value is -1.35. The molecule has 0 spiro atoms. The average Bonchev–Trinajstić information content (AvgIpc) is 2.15. The molecular weight excluding hydrogens is 178 g/mol. The quantitative estimate of drug-likeness (QED) is 0.775. The van der Waals surface area contributed by atoms with E-state index >= 15 is 0 Å². The Morgan fingerprint density at radius 3 is 2.57 bits per heavy atom. The van der Waals surface area contributed by atoms with Gasteiger partial charge in [0.15, 0.2) is 0 Å². The summed E-state index contributed by atoms with van der Waals surface area (Å²) in [7, 11) is 0. The van der Waals surface area contributed by atoms with Gasteiger partial charge in [0.25, 0.3) is 0 Å². The lowest BCUT2D eigenvalue weighted by atomic mass is 10.0. The first-order chi connectivity index (χ1) is 6.25. The molecule has 0 atom stereocenters. The minimum atomic E-state index is -0.827. The van der Waals surface area contributed by atoms with Crippen molar-refractivity contribution >= 4 is 5.97 Å². The molecule has 0 unspecified atom stereocenters. The van der Waals surface area contributed by atoms with Gasteiger partial charge in [0.05, 0.1) is 5.56 Å². The standard InChI is InChI=1S/C11H14O2.H3N/c1-2-3-6-9-7-4-5-8-10(9)11(12)13;/h4-5,7-8H,2-3,6H2,1H3,(H,12,13);1H3. The van der Waals surface area contributed by atoms with Crippen LogP contribution in [0.25, 0.3) is 0 Å². The van der Waals surface area contributed by atoms with Crippen LogP contribution in [0.1, 0.15) is 35.7 Å². The van der Waals surface area contributed by atoms with E-state index in [1.807, 2.05) is 12.1 Å². The molecule has 4 N–H and O–H groups in total. The van der Waals surface area contributed by atoms with Gasteiger partial charge in [-0.25, -0.2) is 4.79 Å². The van der Waals surface area contributed by atoms with Crippen molar-refractivity contribution in [1.29, 1.82) is 0 Å². The molecule has 0 amide bonds. The summed E-state index contributed by atoms with van der Waals surface area (Å²) in [5.74, 6) is -0.827. The SMILES string of the molecule is CCCCc1ccccc1C(=O)O.N. The predicted octanol–water partition coefficient (Wildman–Crippen LogP) is 2.89. The number of hydrogen-bond acceptors (Lipinski definition) is 2. The molecule has 1 aromatic rings. The maximum absolute atomic E-state index is 10.8. The molecule has 0 fully saturated rings. The minimum Gasteiger partial charge on any atom is -0.478 e. The van der Waals surface area contributed by atoms with Crippen LogP contribution in [0.5, 0.6) is 0 Å². The van der Waals surface area contributed by atoms with Crippen molar-refractivity contribution < 1.29 is 9.90 Å². The molecule has 0 radical (unpaired) electrons. The first kappa shape index (κ1) is 12.7. The number of hydrogen-bond donors (Lipinski definition) is 2. The number of unbranched alkanes of at least 4 members (excludes halogenated alkanes) is 1. The van der Waals surface area contributed by atoms with Gasteiger partial charge in [-0.2, -0.15) is 0 Å². The highest BCUT2D eigenvalue weighted by Crippen LogP contribution is 2.11. The Labute approximate surface area is 84.3 Å². The summed E-state index contributed by atoms with van der Waals surface area (Å²) in [5, 5.41) is 8.86. The zero-order chi connectivity index (χ0) is 9.68. The van der Waals surface area contributed by atoms with Crippen LogP contribution in [-0.4, -0.2) is 11.1 Å². The lowest BCUT2D eigenvalue weighted by Gasteiger charge is -2.03. The molecule has 1 rings (SSSR count). The summed E-state index contributed by atoms with van der Waals surface area (Å²) in [5.41, 5.74) is 1.38. The summed E-state index contributed by atoms with van der Waals surface area (Å²) < 4.78 is 0. The second-order valence-electron chi connectivity index (χ2n) is 3.07. The van der Waals surface area contributed by atoms with Crippen molar-refractivity contribution in [1.82, 2.24) is 6.15 Å². The summed E-state index contributed by atoms with van der Waals surface area (Å²) in [6.07, 6.45) is 3.00. The number of rotatable bonds is 4. The zero-order valence-electron chi connectivity index (χ0n) is 8.49. The van der Waals surface area contributed by atoms with E-state index in [0.717, 1.165) is 24.8 Å². The molecule has 0 aromatic heterocycles. The van der Waals surface area contributed by atoms with Gasteiger partial charge in [-0.3, -0.25) is 0 Å². The van der Waals surface area contributed by atoms with Crippen LogP contribution in [-0.2, 0) is 6.42 Å². The van der Waals surface area contributed by atoms with E-state index in [0.29, 0.717) is 5.56 Å². The summed E-state index contributed by atoms with van der Waals surface area (Å²) in [6, 6.07) is 7.20. The highest BCUT2D eigenvalue weighted by Gasteiger charge is 2.07. The van der Waals surface area contributed by atoms with Crippen LogP contribution < -0.4 is 6.15 Å². The van der Waals surface area contributed by atoms with Gasteiger partial charge < -0.3 is 11.3 Å². The first-order valence-corrected chi connectivity index (χ1v) is 4.57. The van der Waals surface area contributed by atoms with Gasteiger partial charge in [0.1, 0.15) is 0 Å². The van der Waals surface area contributed by atoms with E-state index in [1.54, 1.807) is 12.1 Å². The molecule has 0 saturated carbocycles. The Balaban J connectivity index is 0.00000169. The van der Waals surface area contributed by atoms with E-state index < -0.39 is 5.97 Å². The molecule has 78 valence electrons. The smallest absolute Gasteiger partial charge is 0.335 e. The number of aromatic carboxylic acids is 1. The summed E-state index contributed by atoms with van der Waals surface area (Å²) in [4.78, 5) is 10.8. The third-order valence-corrected chi connectivity index (χ3v) is 2.05. The van der Waals surface area contributed by atoms with Gasteiger partial charge in [-0.05, 0) is 24.5 Å². The number of carbonyl (C=O) groups is 1. The molecule has 3 nitrogen and oxygen atoms in total. The fourth-order valence-electron chi connectivity index (χ4n) is 1.31. The highest BCUT2D eigenvalue weighted by atomic mass is 16.4. The van der Waals surface area contributed by atoms with Crippen molar-refractivity contribution in [2.45, 2.75) is 26.2 Å². The van der Waals surface area contributed by atoms with E-state index in [-0.39, 0.29) is 6.15 Å². The normalized spacial score (nSPS) is 9.21. The second-order valence-corrected chi connectivity index (χ2v) is 3.07. The number of carboxylic acids is 1. The fraction of sp³-hybridized carbons (Fsp3) is 0.364. The molecule has 0 saturated heterocycles. The van der Waals surface area contributed by atoms with Gasteiger partial charge in [0.2, 0.25) is 0 Å². The molecule has 14 heavy (non-hydrogen) atoms. The Bertz CT molecular complexity index is 297. The molecule has 0 bridgehead atoms. The van der Waals surface area contributed by atoms with Crippen LogP contribution in [0.15, 0.2) is 24.3 Å². The molecule has 3 heteroatoms. The van der Waals surface area contributed by atoms with Gasteiger partial charge in [-0.1, -0.05) is 31.5 Å². The first-order valence-electron chi connectivity index (χ1n) is 4.57. The van der Waals surface area contributed by atoms with E-state index in [1.165, 1.54) is 0 Å². The number of benzene rings is 1. The highest BCUT2D eigenvalue weighted by molar-refractivity contribution is 5.89. The molecule has 0 heterocycles. The minimum absolute atomic E-state index is 0. The van der Waals surface area contributed by atoms with E-state index in [4.69, 9.17) is 5.11 Å². The maximum atomic E-state index is 10.8. The predicted molar refractivity (Wildman–Crippen MR) is 57.0 cm³/mol. The van der Waals surface area contributed by atoms with Crippen LogP contribution in [0.4, 0.5) is 0 Å². The van der Waals surface area contributed by atoms with Crippen molar-refractivity contribution in [2.75, 3.05) is 0 Å². The molecule has 0 aliphatic carbocycles. The van der Waals surface area contributed by atoms with Crippen molar-refractivity contribution in [2.24, 2.45) is 0 Å². The van der Waals surface area contributed by atoms with Gasteiger partial charge >= 0.3 is 5.97 Å². The maximum Gasteiger partial charge on any atom is 0.335 e. The van der Waals surface area contributed by atoms with Crippen LogP contribution in [0.3, 0.4) is 0 Å². The second kappa shape index (κ2) is 6.16. The van der Waals surface area contributed by atoms with Gasteiger partial charge in [-0.15, -0.1) is 0 Å². The van der Waals surface area contributed by atoms with Crippen LogP contribution in [0.2, 0.25) is 0 Å². The Morgan fingerprint density at radius 2 is 2.00 bits per heavy atom. The monoisotopic (exact) mass is 195 g/mol. The van der Waals surface area contributed by atoms with Crippen molar-refractivity contribution in [3.05, 3.63) is 35.4 Å². The lowest BCUT2D eigenvalue weighted by Crippen LogP contribution is -2.01. The van der Waals surface area contributed by atoms with Crippen molar-refractivity contribution in [3.63, 3.8) is 0 Å². The third-order valence-electron chi connectivity index (χ3n) is 2.05. The average molecular weight is 195 g/mol. The fourth-order valence-corrected chi connectivity index (χ4v) is 1.31. The Kier molecular flexibility index (Phi) is 5.56. The van der Waals surface area contributed by atoms with Crippen LogP contribution >= 0.6 is 0 Å². The lowest BCUT2D eigenvalue weighted by molar-refractivity contribution is 0.0695. The van der Waals surface area contributed by atoms with Gasteiger partial charge in [0, 0.05) is 0 Å². The summed E-state index contributed by atoms with van der Waals surface area (Å²) in [6.45, 7) is 2.10. The van der Waals surface area contributed by atoms with Crippen molar-refractivity contribution in [3.8, 4) is 0 Å². The molecular formula is C11H17NO2. The Morgan fingerprint density at radius 1 is 1.36 bits per heavy atom.